The predicted octanol–water partition coefficient (Wildman–Crippen LogP) is 2.48. The Morgan fingerprint density at radius 2 is 2.06 bits per heavy atom. The van der Waals surface area contributed by atoms with Crippen molar-refractivity contribution in [3.8, 4) is 0 Å². The van der Waals surface area contributed by atoms with Crippen LogP contribution >= 0.6 is 0 Å². The number of carbonyl (C=O) groups excluding carboxylic acids is 1. The molecule has 0 spiro atoms. The zero-order valence-corrected chi connectivity index (χ0v) is 11.0. The van der Waals surface area contributed by atoms with Gasteiger partial charge in [-0.15, -0.1) is 0 Å². The Kier molecular flexibility index (Phi) is 3.22. The van der Waals surface area contributed by atoms with Crippen LogP contribution in [0.5, 0.6) is 0 Å². The van der Waals surface area contributed by atoms with Gasteiger partial charge in [0.1, 0.15) is 5.69 Å². The average molecular weight is 235 g/mol. The third-order valence-electron chi connectivity index (χ3n) is 2.99. The molecule has 0 atom stereocenters. The smallest absolute Gasteiger partial charge is 0.272 e. The Labute approximate surface area is 102 Å². The number of hydrogen-bond donors (Lipinski definition) is 1. The topological polar surface area (TPSA) is 46.9 Å². The van der Waals surface area contributed by atoms with E-state index in [0.717, 1.165) is 18.5 Å². The second kappa shape index (κ2) is 4.51. The fourth-order valence-corrected chi connectivity index (χ4v) is 1.85. The maximum Gasteiger partial charge on any atom is 0.272 e. The Hall–Kier alpha value is -1.32. The minimum absolute atomic E-state index is 0.0335. The molecule has 94 valence electrons. The molecule has 0 saturated heterocycles. The van der Waals surface area contributed by atoms with Gasteiger partial charge in [0.25, 0.3) is 5.91 Å². The second-order valence-corrected chi connectivity index (χ2v) is 5.40. The van der Waals surface area contributed by atoms with Crippen LogP contribution in [0.3, 0.4) is 0 Å². The summed E-state index contributed by atoms with van der Waals surface area (Å²) in [6.45, 7) is 8.42. The van der Waals surface area contributed by atoms with Crippen molar-refractivity contribution in [2.75, 3.05) is 0 Å². The first-order chi connectivity index (χ1) is 7.99. The summed E-state index contributed by atoms with van der Waals surface area (Å²) in [6, 6.07) is 2.59. The van der Waals surface area contributed by atoms with E-state index in [1.165, 1.54) is 0 Å². The van der Waals surface area contributed by atoms with Gasteiger partial charge in [-0.05, 0) is 38.7 Å². The zero-order valence-electron chi connectivity index (χ0n) is 11.0. The number of nitrogens with zero attached hydrogens (tertiary/aromatic N) is 2. The minimum Gasteiger partial charge on any atom is -0.348 e. The number of hydrogen-bond acceptors (Lipinski definition) is 2. The molecule has 0 aliphatic heterocycles. The summed E-state index contributed by atoms with van der Waals surface area (Å²) in [7, 11) is 0. The molecule has 0 unspecified atom stereocenters. The van der Waals surface area contributed by atoms with Crippen LogP contribution in [0.1, 0.15) is 68.7 Å². The lowest BCUT2D eigenvalue weighted by Crippen LogP contribution is -2.26. The van der Waals surface area contributed by atoms with Gasteiger partial charge in [-0.2, -0.15) is 5.10 Å². The molecule has 4 nitrogen and oxygen atoms in total. The van der Waals surface area contributed by atoms with E-state index in [1.54, 1.807) is 0 Å². The van der Waals surface area contributed by atoms with Gasteiger partial charge in [-0.1, -0.05) is 13.8 Å². The SMILES string of the molecule is CC(C)c1cc(C(=O)NC2CC2)nn1C(C)C. The molecule has 1 fully saturated rings. The van der Waals surface area contributed by atoms with Crippen LogP contribution in [0.4, 0.5) is 0 Å². The van der Waals surface area contributed by atoms with E-state index in [4.69, 9.17) is 0 Å². The molecule has 1 N–H and O–H groups in total. The summed E-state index contributed by atoms with van der Waals surface area (Å²) < 4.78 is 1.95. The molecule has 0 bridgehead atoms. The molecule has 1 aromatic rings. The third kappa shape index (κ3) is 2.68. The van der Waals surface area contributed by atoms with Crippen molar-refractivity contribution in [1.82, 2.24) is 15.1 Å². The molecule has 1 aromatic heterocycles. The largest absolute Gasteiger partial charge is 0.348 e. The summed E-state index contributed by atoms with van der Waals surface area (Å²) >= 11 is 0. The highest BCUT2D eigenvalue weighted by Gasteiger charge is 2.26. The highest BCUT2D eigenvalue weighted by Crippen LogP contribution is 2.22. The summed E-state index contributed by atoms with van der Waals surface area (Å²) in [4.78, 5) is 11.9. The van der Waals surface area contributed by atoms with Crippen molar-refractivity contribution >= 4 is 5.91 Å². The Balaban J connectivity index is 2.22. The molecule has 4 heteroatoms. The molecule has 2 rings (SSSR count). The van der Waals surface area contributed by atoms with Crippen LogP contribution in [0.25, 0.3) is 0 Å². The van der Waals surface area contributed by atoms with Crippen LogP contribution in [0.15, 0.2) is 6.07 Å². The van der Waals surface area contributed by atoms with E-state index in [2.05, 4.69) is 38.1 Å². The van der Waals surface area contributed by atoms with Crippen molar-refractivity contribution in [3.63, 3.8) is 0 Å². The maximum absolute atomic E-state index is 11.9. The van der Waals surface area contributed by atoms with E-state index in [1.807, 2.05) is 10.7 Å². The van der Waals surface area contributed by atoms with Crippen LogP contribution in [0.2, 0.25) is 0 Å². The van der Waals surface area contributed by atoms with Crippen molar-refractivity contribution in [2.24, 2.45) is 0 Å². The number of amides is 1. The van der Waals surface area contributed by atoms with Gasteiger partial charge in [0.15, 0.2) is 0 Å². The summed E-state index contributed by atoms with van der Waals surface area (Å²) in [6.07, 6.45) is 2.21. The molecule has 1 saturated carbocycles. The lowest BCUT2D eigenvalue weighted by molar-refractivity contribution is 0.0945. The van der Waals surface area contributed by atoms with Gasteiger partial charge in [0, 0.05) is 17.8 Å². The van der Waals surface area contributed by atoms with Crippen molar-refractivity contribution in [2.45, 2.75) is 58.5 Å². The highest BCUT2D eigenvalue weighted by molar-refractivity contribution is 5.92. The molecule has 1 amide bonds. The maximum atomic E-state index is 11.9. The first kappa shape index (κ1) is 12.1. The zero-order chi connectivity index (χ0) is 12.6. The molecule has 1 aliphatic carbocycles. The van der Waals surface area contributed by atoms with Crippen molar-refractivity contribution in [1.29, 1.82) is 0 Å². The normalized spacial score (nSPS) is 15.6. The molecule has 1 aliphatic rings. The minimum atomic E-state index is -0.0335. The summed E-state index contributed by atoms with van der Waals surface area (Å²) in [5, 5.41) is 7.39. The first-order valence-corrected chi connectivity index (χ1v) is 6.39. The lowest BCUT2D eigenvalue weighted by atomic mass is 10.1. The van der Waals surface area contributed by atoms with Crippen molar-refractivity contribution < 1.29 is 4.79 Å². The van der Waals surface area contributed by atoms with Crippen LogP contribution in [-0.2, 0) is 0 Å². The molecule has 1 heterocycles. The van der Waals surface area contributed by atoms with Gasteiger partial charge in [-0.25, -0.2) is 0 Å². The Morgan fingerprint density at radius 1 is 1.41 bits per heavy atom. The summed E-state index contributed by atoms with van der Waals surface area (Å²) in [5.41, 5.74) is 1.68. The van der Waals surface area contributed by atoms with Crippen molar-refractivity contribution in [3.05, 3.63) is 17.5 Å². The van der Waals surface area contributed by atoms with E-state index < -0.39 is 0 Å². The fourth-order valence-electron chi connectivity index (χ4n) is 1.85. The van der Waals surface area contributed by atoms with Gasteiger partial charge in [0.2, 0.25) is 0 Å². The highest BCUT2D eigenvalue weighted by atomic mass is 16.2. The Morgan fingerprint density at radius 3 is 2.47 bits per heavy atom. The standard InChI is InChI=1S/C13H21N3O/c1-8(2)12-7-11(15-16(12)9(3)4)13(17)14-10-5-6-10/h7-10H,5-6H2,1-4H3,(H,14,17). The average Bonchev–Trinajstić information content (AvgIpc) is 2.93. The molecular weight excluding hydrogens is 214 g/mol. The number of nitrogens with one attached hydrogen (secondary N) is 1. The first-order valence-electron chi connectivity index (χ1n) is 6.39. The second-order valence-electron chi connectivity index (χ2n) is 5.40. The number of carbonyl (C=O) groups is 1. The predicted molar refractivity (Wildman–Crippen MR) is 67.2 cm³/mol. The summed E-state index contributed by atoms with van der Waals surface area (Å²) in [5.74, 6) is 0.348. The van der Waals surface area contributed by atoms with E-state index in [9.17, 15) is 4.79 Å². The Bertz CT molecular complexity index is 391. The monoisotopic (exact) mass is 235 g/mol. The van der Waals surface area contributed by atoms with E-state index in [-0.39, 0.29) is 11.9 Å². The molecule has 17 heavy (non-hydrogen) atoms. The fraction of sp³-hybridized carbons (Fsp3) is 0.692. The molecule has 0 aromatic carbocycles. The van der Waals surface area contributed by atoms with Gasteiger partial charge in [0.05, 0.1) is 0 Å². The van der Waals surface area contributed by atoms with Crippen LogP contribution in [-0.4, -0.2) is 21.7 Å². The van der Waals surface area contributed by atoms with Gasteiger partial charge >= 0.3 is 0 Å². The van der Waals surface area contributed by atoms with E-state index >= 15 is 0 Å². The van der Waals surface area contributed by atoms with Gasteiger partial charge in [-0.3, -0.25) is 9.48 Å². The molecule has 0 radical (unpaired) electrons. The van der Waals surface area contributed by atoms with Gasteiger partial charge < -0.3 is 5.32 Å². The van der Waals surface area contributed by atoms with E-state index in [0.29, 0.717) is 17.7 Å². The third-order valence-corrected chi connectivity index (χ3v) is 2.99. The quantitative estimate of drug-likeness (QED) is 0.871. The lowest BCUT2D eigenvalue weighted by Gasteiger charge is -2.12. The van der Waals surface area contributed by atoms with Crippen LogP contribution < -0.4 is 5.32 Å². The van der Waals surface area contributed by atoms with Crippen LogP contribution in [0, 0.1) is 0 Å². The number of aromatic nitrogens is 2. The number of rotatable bonds is 4. The molecular formula is C13H21N3O.